The van der Waals surface area contributed by atoms with E-state index in [2.05, 4.69) is 12.2 Å². The fraction of sp³-hybridized carbons (Fsp3) is 0.700. The van der Waals surface area contributed by atoms with E-state index in [1.165, 1.54) is 69.5 Å². The zero-order chi connectivity index (χ0) is 26.5. The molecule has 1 N–H and O–H groups in total. The maximum atomic E-state index is 13.0. The van der Waals surface area contributed by atoms with Crippen LogP contribution in [0.25, 0.3) is 0 Å². The number of nitrogens with zero attached hydrogens (tertiary/aromatic N) is 2. The maximum absolute atomic E-state index is 13.0. The van der Waals surface area contributed by atoms with Crippen molar-refractivity contribution in [2.45, 2.75) is 120 Å². The van der Waals surface area contributed by atoms with Crippen LogP contribution < -0.4 is 10.2 Å². The number of hydrogen-bond acceptors (Lipinski definition) is 4. The number of likely N-dealkylation sites (tertiary alicyclic amines) is 1. The summed E-state index contributed by atoms with van der Waals surface area (Å²) in [7, 11) is 0. The van der Waals surface area contributed by atoms with Gasteiger partial charge < -0.3 is 15.1 Å². The molecule has 0 aliphatic carbocycles. The molecule has 2 aliphatic rings. The molecule has 0 saturated carbocycles. The summed E-state index contributed by atoms with van der Waals surface area (Å²) >= 11 is 1.34. The first-order valence-electron chi connectivity index (χ1n) is 14.7. The summed E-state index contributed by atoms with van der Waals surface area (Å²) in [5.41, 5.74) is 0.883. The number of benzene rings is 1. The van der Waals surface area contributed by atoms with Crippen LogP contribution in [0.3, 0.4) is 0 Å². The van der Waals surface area contributed by atoms with Gasteiger partial charge in [-0.25, -0.2) is 0 Å². The van der Waals surface area contributed by atoms with E-state index in [0.717, 1.165) is 36.3 Å². The van der Waals surface area contributed by atoms with Crippen molar-refractivity contribution in [1.82, 2.24) is 10.2 Å². The van der Waals surface area contributed by atoms with Gasteiger partial charge in [-0.05, 0) is 38.3 Å². The first-order chi connectivity index (χ1) is 18.0. The molecule has 206 valence electrons. The van der Waals surface area contributed by atoms with Gasteiger partial charge in [0.25, 0.3) is 0 Å². The quantitative estimate of drug-likeness (QED) is 0.213. The van der Waals surface area contributed by atoms with Crippen molar-refractivity contribution in [3.05, 3.63) is 24.3 Å². The Morgan fingerprint density at radius 2 is 1.49 bits per heavy atom. The molecule has 0 spiro atoms. The molecule has 37 heavy (non-hydrogen) atoms. The van der Waals surface area contributed by atoms with Crippen LogP contribution in [-0.2, 0) is 14.4 Å². The highest BCUT2D eigenvalue weighted by atomic mass is 32.2. The molecule has 0 radical (unpaired) electrons. The van der Waals surface area contributed by atoms with Crippen LogP contribution in [0.1, 0.15) is 104 Å². The second-order valence-electron chi connectivity index (χ2n) is 10.5. The Kier molecular flexibility index (Phi) is 12.8. The van der Waals surface area contributed by atoms with Crippen LogP contribution in [0.2, 0.25) is 0 Å². The van der Waals surface area contributed by atoms with Crippen LogP contribution >= 0.6 is 11.8 Å². The molecule has 1 aromatic carbocycles. The van der Waals surface area contributed by atoms with Crippen molar-refractivity contribution in [3.8, 4) is 0 Å². The van der Waals surface area contributed by atoms with Gasteiger partial charge in [0.05, 0.1) is 5.69 Å². The third-order valence-corrected chi connectivity index (χ3v) is 8.88. The van der Waals surface area contributed by atoms with Crippen molar-refractivity contribution in [3.63, 3.8) is 0 Å². The summed E-state index contributed by atoms with van der Waals surface area (Å²) in [6, 6.07) is 7.77. The summed E-state index contributed by atoms with van der Waals surface area (Å²) in [5, 5.41) is 2.35. The van der Waals surface area contributed by atoms with Crippen LogP contribution in [0.15, 0.2) is 29.2 Å². The highest BCUT2D eigenvalue weighted by Crippen LogP contribution is 2.39. The summed E-state index contributed by atoms with van der Waals surface area (Å²) in [5.74, 6) is -0.120. The fourth-order valence-corrected chi connectivity index (χ4v) is 6.47. The number of thioether (sulfide) groups is 1. The fourth-order valence-electron chi connectivity index (χ4n) is 5.36. The Morgan fingerprint density at radius 3 is 2.11 bits per heavy atom. The number of fused-ring (bicyclic) bond motifs is 1. The Labute approximate surface area is 228 Å². The lowest BCUT2D eigenvalue weighted by Gasteiger charge is -2.35. The number of carbonyl (C=O) groups is 3. The topological polar surface area (TPSA) is 69.7 Å². The number of rotatable bonds is 15. The average Bonchev–Trinajstić information content (AvgIpc) is 2.91. The molecule has 2 heterocycles. The Bertz CT molecular complexity index is 869. The van der Waals surface area contributed by atoms with E-state index in [-0.39, 0.29) is 23.8 Å². The maximum Gasteiger partial charge on any atom is 0.250 e. The number of nitrogens with one attached hydrogen (secondary N) is 1. The summed E-state index contributed by atoms with van der Waals surface area (Å²) < 4.78 is 0. The molecule has 3 amide bonds. The smallest absolute Gasteiger partial charge is 0.250 e. The molecule has 1 unspecified atom stereocenters. The van der Waals surface area contributed by atoms with Crippen molar-refractivity contribution < 1.29 is 14.4 Å². The SMILES string of the molecule is CCCCCCCCCCCCCC(=O)N1CCC(NC(=O)C2Sc3ccccc3N(CC)C2=O)CC1. The van der Waals surface area contributed by atoms with E-state index in [0.29, 0.717) is 26.1 Å². The van der Waals surface area contributed by atoms with Gasteiger partial charge in [-0.3, -0.25) is 14.4 Å². The van der Waals surface area contributed by atoms with E-state index in [4.69, 9.17) is 0 Å². The van der Waals surface area contributed by atoms with Crippen LogP contribution in [-0.4, -0.2) is 53.5 Å². The van der Waals surface area contributed by atoms with Gasteiger partial charge in [0.15, 0.2) is 5.25 Å². The monoisotopic (exact) mass is 529 g/mol. The molecule has 0 aromatic heterocycles. The second-order valence-corrected chi connectivity index (χ2v) is 11.6. The van der Waals surface area contributed by atoms with E-state index in [9.17, 15) is 14.4 Å². The third kappa shape index (κ3) is 9.05. The number of anilines is 1. The highest BCUT2D eigenvalue weighted by molar-refractivity contribution is 8.01. The number of amides is 3. The molecule has 1 aromatic rings. The lowest BCUT2D eigenvalue weighted by Crippen LogP contribution is -2.52. The molecular formula is C30H47N3O3S. The third-order valence-electron chi connectivity index (χ3n) is 7.63. The van der Waals surface area contributed by atoms with Crippen LogP contribution in [0.5, 0.6) is 0 Å². The number of carbonyl (C=O) groups excluding carboxylic acids is 3. The lowest BCUT2D eigenvalue weighted by atomic mass is 10.0. The predicted octanol–water partition coefficient (Wildman–Crippen LogP) is 6.32. The van der Waals surface area contributed by atoms with E-state index < -0.39 is 5.25 Å². The largest absolute Gasteiger partial charge is 0.352 e. The van der Waals surface area contributed by atoms with Gasteiger partial charge in [0, 0.05) is 37.0 Å². The van der Waals surface area contributed by atoms with Gasteiger partial charge >= 0.3 is 0 Å². The zero-order valence-electron chi connectivity index (χ0n) is 23.0. The Balaban J connectivity index is 1.29. The molecule has 2 aliphatic heterocycles. The zero-order valence-corrected chi connectivity index (χ0v) is 23.8. The van der Waals surface area contributed by atoms with Crippen molar-refractivity contribution in [1.29, 1.82) is 0 Å². The van der Waals surface area contributed by atoms with E-state index in [1.807, 2.05) is 36.1 Å². The van der Waals surface area contributed by atoms with E-state index >= 15 is 0 Å². The Morgan fingerprint density at radius 1 is 0.892 bits per heavy atom. The van der Waals surface area contributed by atoms with Gasteiger partial charge in [0.2, 0.25) is 17.7 Å². The van der Waals surface area contributed by atoms with Crippen LogP contribution in [0, 0.1) is 0 Å². The molecule has 1 atom stereocenters. The average molecular weight is 530 g/mol. The number of unbranched alkanes of at least 4 members (excludes halogenated alkanes) is 10. The number of hydrogen-bond donors (Lipinski definition) is 1. The minimum atomic E-state index is -0.754. The molecule has 3 rings (SSSR count). The van der Waals surface area contributed by atoms with Crippen molar-refractivity contribution in [2.75, 3.05) is 24.5 Å². The summed E-state index contributed by atoms with van der Waals surface area (Å²) in [4.78, 5) is 43.3. The summed E-state index contributed by atoms with van der Waals surface area (Å²) in [6.45, 7) is 6.09. The minimum absolute atomic E-state index is 0.0131. The molecule has 6 nitrogen and oxygen atoms in total. The van der Waals surface area contributed by atoms with Gasteiger partial charge in [0.1, 0.15) is 0 Å². The summed E-state index contributed by atoms with van der Waals surface area (Å²) in [6.07, 6.45) is 16.2. The Hall–Kier alpha value is -2.02. The van der Waals surface area contributed by atoms with Gasteiger partial charge in [-0.1, -0.05) is 83.3 Å². The first-order valence-corrected chi connectivity index (χ1v) is 15.6. The predicted molar refractivity (Wildman–Crippen MR) is 153 cm³/mol. The molecule has 0 bridgehead atoms. The number of piperidine rings is 1. The van der Waals surface area contributed by atoms with Crippen LogP contribution in [0.4, 0.5) is 5.69 Å². The first kappa shape index (κ1) is 29.5. The molecular weight excluding hydrogens is 482 g/mol. The van der Waals surface area contributed by atoms with Gasteiger partial charge in [-0.15, -0.1) is 11.8 Å². The van der Waals surface area contributed by atoms with Crippen molar-refractivity contribution >= 4 is 35.2 Å². The number of para-hydroxylation sites is 1. The lowest BCUT2D eigenvalue weighted by molar-refractivity contribution is -0.132. The molecule has 7 heteroatoms. The minimum Gasteiger partial charge on any atom is -0.352 e. The normalized spacial score (nSPS) is 18.1. The van der Waals surface area contributed by atoms with Crippen molar-refractivity contribution in [2.24, 2.45) is 0 Å². The highest BCUT2D eigenvalue weighted by Gasteiger charge is 2.38. The molecule has 1 saturated heterocycles. The standard InChI is InChI=1S/C30H47N3O3S/c1-3-5-6-7-8-9-10-11-12-13-14-19-27(34)32-22-20-24(21-23-32)31-29(35)28-30(36)33(4-2)25-17-15-16-18-26(25)37-28/h15-18,24,28H,3-14,19-23H2,1-2H3,(H,31,35). The second kappa shape index (κ2) is 16.1. The van der Waals surface area contributed by atoms with E-state index in [1.54, 1.807) is 4.90 Å². The van der Waals surface area contributed by atoms with Gasteiger partial charge in [-0.2, -0.15) is 0 Å². The molecule has 1 fully saturated rings.